The quantitative estimate of drug-likeness (QED) is 0.781. The lowest BCUT2D eigenvalue weighted by atomic mass is 10.0. The summed E-state index contributed by atoms with van der Waals surface area (Å²) in [5.74, 6) is 2.14. The van der Waals surface area contributed by atoms with E-state index in [2.05, 4.69) is 24.0 Å². The molecule has 0 radical (unpaired) electrons. The molecule has 2 atom stereocenters. The van der Waals surface area contributed by atoms with Crippen molar-refractivity contribution in [3.05, 3.63) is 11.7 Å². The highest BCUT2D eigenvalue weighted by Crippen LogP contribution is 2.32. The molecule has 0 unspecified atom stereocenters. The average Bonchev–Trinajstić information content (AvgIpc) is 2.71. The van der Waals surface area contributed by atoms with Crippen molar-refractivity contribution in [2.24, 2.45) is 5.73 Å². The summed E-state index contributed by atoms with van der Waals surface area (Å²) in [6.07, 6.45) is 3.33. The number of nitrogens with zero attached hydrogens (tertiary/aromatic N) is 2. The van der Waals surface area contributed by atoms with E-state index in [1.165, 1.54) is 6.42 Å². The van der Waals surface area contributed by atoms with Crippen LogP contribution < -0.4 is 5.73 Å². The van der Waals surface area contributed by atoms with E-state index in [1.54, 1.807) is 0 Å². The molecule has 2 rings (SSSR count). The smallest absolute Gasteiger partial charge is 0.231 e. The molecule has 0 saturated heterocycles. The van der Waals surface area contributed by atoms with E-state index in [4.69, 9.17) is 10.3 Å². The minimum atomic E-state index is 0.204. The molecule has 0 aliphatic heterocycles. The second-order valence-corrected chi connectivity index (χ2v) is 4.35. The molecule has 0 amide bonds. The monoisotopic (exact) mass is 195 g/mol. The van der Waals surface area contributed by atoms with E-state index in [9.17, 15) is 0 Å². The molecule has 2 N–H and O–H groups in total. The van der Waals surface area contributed by atoms with Crippen LogP contribution in [0.3, 0.4) is 0 Å². The van der Waals surface area contributed by atoms with Gasteiger partial charge in [-0.15, -0.1) is 0 Å². The molecule has 78 valence electrons. The van der Waals surface area contributed by atoms with Crippen molar-refractivity contribution in [1.82, 2.24) is 10.1 Å². The number of aromatic nitrogens is 2. The molecule has 1 aromatic heterocycles. The first-order valence-corrected chi connectivity index (χ1v) is 5.27. The van der Waals surface area contributed by atoms with Gasteiger partial charge in [0, 0.05) is 12.0 Å². The molecule has 1 aliphatic carbocycles. The van der Waals surface area contributed by atoms with Crippen LogP contribution in [-0.2, 0) is 0 Å². The molecule has 14 heavy (non-hydrogen) atoms. The molecule has 1 heterocycles. The van der Waals surface area contributed by atoms with Gasteiger partial charge in [-0.3, -0.25) is 0 Å². The molecule has 1 aliphatic rings. The Hall–Kier alpha value is -0.900. The van der Waals surface area contributed by atoms with Crippen LogP contribution in [0.2, 0.25) is 0 Å². The Bertz CT molecular complexity index is 308. The molecule has 1 saturated carbocycles. The second-order valence-electron chi connectivity index (χ2n) is 4.35. The van der Waals surface area contributed by atoms with Crippen LogP contribution in [0.4, 0.5) is 0 Å². The highest BCUT2D eigenvalue weighted by molar-refractivity contribution is 5.03. The molecule has 4 nitrogen and oxygen atoms in total. The zero-order valence-electron chi connectivity index (χ0n) is 8.73. The largest absolute Gasteiger partial charge is 0.339 e. The van der Waals surface area contributed by atoms with Crippen molar-refractivity contribution in [3.8, 4) is 0 Å². The highest BCUT2D eigenvalue weighted by atomic mass is 16.5. The van der Waals surface area contributed by atoms with Crippen LogP contribution >= 0.6 is 0 Å². The van der Waals surface area contributed by atoms with Gasteiger partial charge in [0.05, 0.1) is 5.92 Å². The van der Waals surface area contributed by atoms with E-state index in [0.717, 1.165) is 24.6 Å². The summed E-state index contributed by atoms with van der Waals surface area (Å²) in [4.78, 5) is 4.38. The van der Waals surface area contributed by atoms with E-state index in [-0.39, 0.29) is 12.0 Å². The fraction of sp³-hybridized carbons (Fsp3) is 0.800. The third-order valence-corrected chi connectivity index (χ3v) is 2.86. The Morgan fingerprint density at radius 2 is 2.21 bits per heavy atom. The summed E-state index contributed by atoms with van der Waals surface area (Å²) in [5, 5.41) is 3.95. The molecular formula is C10H17N3O. The Balaban J connectivity index is 2.16. The van der Waals surface area contributed by atoms with E-state index in [0.29, 0.717) is 5.92 Å². The first kappa shape index (κ1) is 9.65. The molecule has 0 spiro atoms. The maximum atomic E-state index is 5.97. The van der Waals surface area contributed by atoms with Gasteiger partial charge in [-0.05, 0) is 12.8 Å². The van der Waals surface area contributed by atoms with Gasteiger partial charge in [0.1, 0.15) is 0 Å². The van der Waals surface area contributed by atoms with Crippen LogP contribution in [0, 0.1) is 0 Å². The van der Waals surface area contributed by atoms with Gasteiger partial charge in [-0.1, -0.05) is 25.4 Å². The van der Waals surface area contributed by atoms with Crippen LogP contribution in [0.1, 0.15) is 56.7 Å². The predicted molar refractivity (Wildman–Crippen MR) is 53.0 cm³/mol. The summed E-state index contributed by atoms with van der Waals surface area (Å²) >= 11 is 0. The third-order valence-electron chi connectivity index (χ3n) is 2.86. The molecule has 4 heteroatoms. The Labute approximate surface area is 83.9 Å². The number of nitrogens with two attached hydrogens (primary N) is 1. The normalized spacial score (nSPS) is 27.4. The topological polar surface area (TPSA) is 64.9 Å². The van der Waals surface area contributed by atoms with Gasteiger partial charge < -0.3 is 10.3 Å². The van der Waals surface area contributed by atoms with Crippen molar-refractivity contribution in [1.29, 1.82) is 0 Å². The van der Waals surface area contributed by atoms with Crippen molar-refractivity contribution < 1.29 is 4.52 Å². The molecule has 1 aromatic rings. The summed E-state index contributed by atoms with van der Waals surface area (Å²) in [5.41, 5.74) is 5.97. The van der Waals surface area contributed by atoms with E-state index >= 15 is 0 Å². The van der Waals surface area contributed by atoms with Gasteiger partial charge >= 0.3 is 0 Å². The standard InChI is InChI=1S/C10H17N3O/c1-6(2)9-12-10(14-13-9)7-4-3-5-8(7)11/h6-8H,3-5,11H2,1-2H3/t7-,8-/m1/s1. The molecule has 0 bridgehead atoms. The van der Waals surface area contributed by atoms with E-state index in [1.807, 2.05) is 0 Å². The fourth-order valence-electron chi connectivity index (χ4n) is 1.93. The van der Waals surface area contributed by atoms with Crippen molar-refractivity contribution in [3.63, 3.8) is 0 Å². The van der Waals surface area contributed by atoms with Gasteiger partial charge in [0.25, 0.3) is 0 Å². The molecular weight excluding hydrogens is 178 g/mol. The zero-order valence-corrected chi connectivity index (χ0v) is 8.73. The third kappa shape index (κ3) is 1.66. The maximum absolute atomic E-state index is 5.97. The summed E-state index contributed by atoms with van der Waals surface area (Å²) < 4.78 is 5.24. The first-order valence-electron chi connectivity index (χ1n) is 5.27. The van der Waals surface area contributed by atoms with Crippen molar-refractivity contribution in [2.75, 3.05) is 0 Å². The van der Waals surface area contributed by atoms with Gasteiger partial charge in [-0.2, -0.15) is 4.98 Å². The summed E-state index contributed by atoms with van der Waals surface area (Å²) in [6.45, 7) is 4.12. The Morgan fingerprint density at radius 1 is 1.43 bits per heavy atom. The number of rotatable bonds is 2. The summed E-state index contributed by atoms with van der Waals surface area (Å²) in [6, 6.07) is 0.204. The molecule has 1 fully saturated rings. The predicted octanol–water partition coefficient (Wildman–Crippen LogP) is 1.79. The number of hydrogen-bond acceptors (Lipinski definition) is 4. The fourth-order valence-corrected chi connectivity index (χ4v) is 1.93. The van der Waals surface area contributed by atoms with Crippen LogP contribution in [-0.4, -0.2) is 16.2 Å². The SMILES string of the molecule is CC(C)c1noc([C@@H]2CCC[C@H]2N)n1. The maximum Gasteiger partial charge on any atom is 0.231 e. The van der Waals surface area contributed by atoms with Crippen LogP contribution in [0.15, 0.2) is 4.52 Å². The van der Waals surface area contributed by atoms with Crippen molar-refractivity contribution >= 4 is 0 Å². The summed E-state index contributed by atoms with van der Waals surface area (Å²) in [7, 11) is 0. The lowest BCUT2D eigenvalue weighted by molar-refractivity contribution is 0.340. The lowest BCUT2D eigenvalue weighted by Gasteiger charge is -2.08. The Kier molecular flexibility index (Phi) is 2.54. The van der Waals surface area contributed by atoms with Crippen molar-refractivity contribution in [2.45, 2.75) is 51.0 Å². The average molecular weight is 195 g/mol. The lowest BCUT2D eigenvalue weighted by Crippen LogP contribution is -2.22. The minimum Gasteiger partial charge on any atom is -0.339 e. The van der Waals surface area contributed by atoms with Gasteiger partial charge in [0.2, 0.25) is 5.89 Å². The van der Waals surface area contributed by atoms with Crippen LogP contribution in [0.25, 0.3) is 0 Å². The van der Waals surface area contributed by atoms with E-state index < -0.39 is 0 Å². The first-order chi connectivity index (χ1) is 6.68. The van der Waals surface area contributed by atoms with Gasteiger partial charge in [-0.25, -0.2) is 0 Å². The molecule has 0 aromatic carbocycles. The minimum absolute atomic E-state index is 0.204. The number of hydrogen-bond donors (Lipinski definition) is 1. The van der Waals surface area contributed by atoms with Crippen LogP contribution in [0.5, 0.6) is 0 Å². The van der Waals surface area contributed by atoms with Gasteiger partial charge in [0.15, 0.2) is 5.82 Å². The second kappa shape index (κ2) is 3.69. The zero-order chi connectivity index (χ0) is 10.1. The Morgan fingerprint density at radius 3 is 2.71 bits per heavy atom. The highest BCUT2D eigenvalue weighted by Gasteiger charge is 2.30.